The van der Waals surface area contributed by atoms with Crippen LogP contribution in [0.3, 0.4) is 0 Å². The zero-order valence-corrected chi connectivity index (χ0v) is 19.0. The van der Waals surface area contributed by atoms with Crippen molar-refractivity contribution in [3.63, 3.8) is 0 Å². The Kier molecular flexibility index (Phi) is 6.92. The quantitative estimate of drug-likeness (QED) is 0.631. The molecular formula is C22H21ClN2O5S. The summed E-state index contributed by atoms with van der Waals surface area (Å²) in [6.07, 6.45) is 1.53. The minimum atomic E-state index is -0.545. The van der Waals surface area contributed by atoms with Crippen molar-refractivity contribution in [1.29, 1.82) is 0 Å². The van der Waals surface area contributed by atoms with Gasteiger partial charge in [-0.2, -0.15) is 0 Å². The Hall–Kier alpha value is -2.97. The highest BCUT2D eigenvalue weighted by Crippen LogP contribution is 2.38. The number of rotatable bonds is 6. The molecular weight excluding hydrogens is 440 g/mol. The lowest BCUT2D eigenvalue weighted by atomic mass is 10.1. The summed E-state index contributed by atoms with van der Waals surface area (Å²) in [4.78, 5) is 38.5. The van der Waals surface area contributed by atoms with E-state index in [0.29, 0.717) is 27.8 Å². The van der Waals surface area contributed by atoms with Crippen LogP contribution < -0.4 is 14.8 Å². The van der Waals surface area contributed by atoms with Crippen molar-refractivity contribution in [3.05, 3.63) is 56.9 Å². The van der Waals surface area contributed by atoms with E-state index in [0.717, 1.165) is 27.8 Å². The Bertz CT molecular complexity index is 1100. The van der Waals surface area contributed by atoms with E-state index in [1.54, 1.807) is 18.2 Å². The molecule has 0 radical (unpaired) electrons. The van der Waals surface area contributed by atoms with Crippen LogP contribution in [0.25, 0.3) is 6.08 Å². The van der Waals surface area contributed by atoms with Gasteiger partial charge in [0.15, 0.2) is 11.5 Å². The van der Waals surface area contributed by atoms with Gasteiger partial charge in [0.2, 0.25) is 5.91 Å². The summed E-state index contributed by atoms with van der Waals surface area (Å²) in [7, 11) is 2.94. The van der Waals surface area contributed by atoms with Gasteiger partial charge in [0.05, 0.1) is 24.1 Å². The number of ether oxygens (including phenoxy) is 2. The smallest absolute Gasteiger partial charge is 0.294 e. The number of nitrogens with zero attached hydrogens (tertiary/aromatic N) is 1. The van der Waals surface area contributed by atoms with Crippen molar-refractivity contribution in [2.75, 3.05) is 26.1 Å². The number of amides is 3. The van der Waals surface area contributed by atoms with E-state index in [2.05, 4.69) is 5.32 Å². The van der Waals surface area contributed by atoms with Gasteiger partial charge in [0, 0.05) is 5.69 Å². The molecule has 3 rings (SSSR count). The highest BCUT2D eigenvalue weighted by Gasteiger charge is 2.36. The molecule has 0 unspecified atom stereocenters. The van der Waals surface area contributed by atoms with Crippen LogP contribution in [0.4, 0.5) is 10.5 Å². The minimum absolute atomic E-state index is 0.187. The molecule has 1 fully saturated rings. The lowest BCUT2D eigenvalue weighted by molar-refractivity contribution is -0.127. The molecule has 0 aliphatic carbocycles. The van der Waals surface area contributed by atoms with E-state index in [1.165, 1.54) is 20.3 Å². The number of hydrogen-bond acceptors (Lipinski definition) is 6. The van der Waals surface area contributed by atoms with Crippen molar-refractivity contribution < 1.29 is 23.9 Å². The summed E-state index contributed by atoms with van der Waals surface area (Å²) < 4.78 is 10.5. The van der Waals surface area contributed by atoms with Crippen molar-refractivity contribution in [2.45, 2.75) is 13.8 Å². The third kappa shape index (κ3) is 5.03. The number of thioether (sulfide) groups is 1. The number of halogens is 1. The molecule has 1 aliphatic heterocycles. The van der Waals surface area contributed by atoms with Crippen LogP contribution in [0.2, 0.25) is 5.02 Å². The molecule has 7 nitrogen and oxygen atoms in total. The molecule has 9 heteroatoms. The van der Waals surface area contributed by atoms with Gasteiger partial charge in [-0.05, 0) is 72.6 Å². The van der Waals surface area contributed by atoms with Gasteiger partial charge in [-0.25, -0.2) is 0 Å². The number of imide groups is 1. The van der Waals surface area contributed by atoms with E-state index >= 15 is 0 Å². The molecule has 0 saturated carbocycles. The average Bonchev–Trinajstić information content (AvgIpc) is 2.97. The lowest BCUT2D eigenvalue weighted by Gasteiger charge is -2.13. The van der Waals surface area contributed by atoms with Crippen molar-refractivity contribution in [3.8, 4) is 11.5 Å². The molecule has 1 aliphatic rings. The van der Waals surface area contributed by atoms with E-state index in [9.17, 15) is 14.4 Å². The molecule has 0 atom stereocenters. The summed E-state index contributed by atoms with van der Waals surface area (Å²) in [5.74, 6) is -0.234. The average molecular weight is 461 g/mol. The highest BCUT2D eigenvalue weighted by molar-refractivity contribution is 8.18. The Balaban J connectivity index is 1.75. The molecule has 2 aromatic carbocycles. The van der Waals surface area contributed by atoms with Gasteiger partial charge in [0.25, 0.3) is 11.1 Å². The first kappa shape index (κ1) is 22.7. The zero-order chi connectivity index (χ0) is 22.7. The third-order valence-electron chi connectivity index (χ3n) is 4.72. The molecule has 1 saturated heterocycles. The van der Waals surface area contributed by atoms with Crippen LogP contribution in [0.5, 0.6) is 11.5 Å². The largest absolute Gasteiger partial charge is 0.493 e. The molecule has 1 heterocycles. The standard InChI is InChI=1S/C22H21ClN2O5S/c1-12-5-6-15(7-13(12)2)24-19(26)11-25-21(27)18(31-22(25)28)10-14-8-16(23)20(30-4)17(9-14)29-3/h5-10H,11H2,1-4H3,(H,24,26). The maximum absolute atomic E-state index is 12.7. The van der Waals surface area contributed by atoms with Crippen LogP contribution in [0, 0.1) is 13.8 Å². The Morgan fingerprint density at radius 3 is 2.52 bits per heavy atom. The number of anilines is 1. The second-order valence-corrected chi connectivity index (χ2v) is 8.25. The summed E-state index contributed by atoms with van der Waals surface area (Å²) >= 11 is 6.97. The Labute approximate surface area is 189 Å². The minimum Gasteiger partial charge on any atom is -0.493 e. The van der Waals surface area contributed by atoms with Gasteiger partial charge >= 0.3 is 0 Å². The van der Waals surface area contributed by atoms with Crippen molar-refractivity contribution in [2.24, 2.45) is 0 Å². The monoisotopic (exact) mass is 460 g/mol. The normalized spacial score (nSPS) is 14.9. The first-order chi connectivity index (χ1) is 14.7. The zero-order valence-electron chi connectivity index (χ0n) is 17.4. The van der Waals surface area contributed by atoms with E-state index in [-0.39, 0.29) is 11.4 Å². The summed E-state index contributed by atoms with van der Waals surface area (Å²) in [5.41, 5.74) is 3.30. The second kappa shape index (κ2) is 9.45. The number of aryl methyl sites for hydroxylation is 2. The van der Waals surface area contributed by atoms with Crippen LogP contribution in [-0.2, 0) is 9.59 Å². The Morgan fingerprint density at radius 2 is 1.87 bits per heavy atom. The van der Waals surface area contributed by atoms with Crippen LogP contribution in [-0.4, -0.2) is 42.7 Å². The maximum atomic E-state index is 12.7. The lowest BCUT2D eigenvalue weighted by Crippen LogP contribution is -2.36. The summed E-state index contributed by atoms with van der Waals surface area (Å²) in [5, 5.41) is 2.51. The second-order valence-electron chi connectivity index (χ2n) is 6.85. The van der Waals surface area contributed by atoms with Crippen LogP contribution >= 0.6 is 23.4 Å². The predicted molar refractivity (Wildman–Crippen MR) is 122 cm³/mol. The van der Waals surface area contributed by atoms with Gasteiger partial charge in [-0.3, -0.25) is 19.3 Å². The molecule has 3 amide bonds. The molecule has 0 bridgehead atoms. The fourth-order valence-electron chi connectivity index (χ4n) is 2.97. The first-order valence-corrected chi connectivity index (χ1v) is 10.5. The predicted octanol–water partition coefficient (Wildman–Crippen LogP) is 4.65. The highest BCUT2D eigenvalue weighted by atomic mass is 35.5. The van der Waals surface area contributed by atoms with Crippen LogP contribution in [0.15, 0.2) is 35.2 Å². The van der Waals surface area contributed by atoms with Crippen molar-refractivity contribution in [1.82, 2.24) is 4.90 Å². The van der Waals surface area contributed by atoms with Gasteiger partial charge in [0.1, 0.15) is 6.54 Å². The number of carbonyl (C=O) groups excluding carboxylic acids is 3. The number of nitrogens with one attached hydrogen (secondary N) is 1. The summed E-state index contributed by atoms with van der Waals surface area (Å²) in [6.45, 7) is 3.54. The third-order valence-corrected chi connectivity index (χ3v) is 5.91. The SMILES string of the molecule is COc1cc(C=C2SC(=O)N(CC(=O)Nc3ccc(C)c(C)c3)C2=O)cc(Cl)c1OC. The number of hydrogen-bond donors (Lipinski definition) is 1. The number of carbonyl (C=O) groups is 3. The fourth-order valence-corrected chi connectivity index (χ4v) is 4.11. The van der Waals surface area contributed by atoms with Gasteiger partial charge in [-0.1, -0.05) is 17.7 Å². The molecule has 0 spiro atoms. The topological polar surface area (TPSA) is 84.9 Å². The molecule has 2 aromatic rings. The van der Waals surface area contributed by atoms with E-state index in [1.807, 2.05) is 26.0 Å². The number of methoxy groups -OCH3 is 2. The van der Waals surface area contributed by atoms with Gasteiger partial charge in [-0.15, -0.1) is 0 Å². The molecule has 1 N–H and O–H groups in total. The fraction of sp³-hybridized carbons (Fsp3) is 0.227. The van der Waals surface area contributed by atoms with E-state index < -0.39 is 17.1 Å². The first-order valence-electron chi connectivity index (χ1n) is 9.27. The molecule has 162 valence electrons. The van der Waals surface area contributed by atoms with Gasteiger partial charge < -0.3 is 14.8 Å². The molecule has 31 heavy (non-hydrogen) atoms. The summed E-state index contributed by atoms with van der Waals surface area (Å²) in [6, 6.07) is 8.74. The van der Waals surface area contributed by atoms with Crippen molar-refractivity contribution >= 4 is 52.2 Å². The van der Waals surface area contributed by atoms with E-state index in [4.69, 9.17) is 21.1 Å². The maximum Gasteiger partial charge on any atom is 0.294 e. The van der Waals surface area contributed by atoms with Crippen LogP contribution in [0.1, 0.15) is 16.7 Å². The molecule has 0 aromatic heterocycles. The Morgan fingerprint density at radius 1 is 1.13 bits per heavy atom. The number of benzene rings is 2.